The van der Waals surface area contributed by atoms with Crippen LogP contribution in [0.25, 0.3) is 0 Å². The molecule has 0 aliphatic heterocycles. The summed E-state index contributed by atoms with van der Waals surface area (Å²) in [7, 11) is 0. The Morgan fingerprint density at radius 1 is 1.11 bits per heavy atom. The van der Waals surface area contributed by atoms with Crippen molar-refractivity contribution in [2.45, 2.75) is 20.8 Å². The molecule has 0 aromatic carbocycles. The zero-order chi connectivity index (χ0) is 11.1. The van der Waals surface area contributed by atoms with E-state index in [1.165, 1.54) is 19.4 Å². The number of allylic oxidation sites excluding steroid dienone is 3. The molecule has 0 rings (SSSR count). The van der Waals surface area contributed by atoms with Gasteiger partial charge in [0.15, 0.2) is 0 Å². The summed E-state index contributed by atoms with van der Waals surface area (Å²) in [4.78, 5) is 10.7. The van der Waals surface area contributed by atoms with Gasteiger partial charge >= 0.3 is 106 Å². The predicted octanol–water partition coefficient (Wildman–Crippen LogP) is 1.51. The monoisotopic (exact) mass is 1450 g/mol. The molecule has 0 unspecified atom stereocenters. The fourth-order valence-corrected chi connectivity index (χ4v) is 1.33. The third-order valence-electron chi connectivity index (χ3n) is 1.30. The second-order valence-electron chi connectivity index (χ2n) is 2.33. The minimum Gasteiger partial charge on any atom is 0 e. The van der Waals surface area contributed by atoms with Crippen LogP contribution in [0.3, 0.4) is 0 Å². The van der Waals surface area contributed by atoms with Crippen molar-refractivity contribution < 1.29 is 154 Å². The first kappa shape index (κ1) is 38.2. The first-order valence-corrected chi connectivity index (χ1v) is 6.50. The summed E-state index contributed by atoms with van der Waals surface area (Å²) in [5, 5.41) is 0. The van der Waals surface area contributed by atoms with Gasteiger partial charge in [0.2, 0.25) is 0 Å². The average molecular weight is 1450 g/mol. The van der Waals surface area contributed by atoms with E-state index in [0.29, 0.717) is 17.0 Å². The van der Waals surface area contributed by atoms with Crippen molar-refractivity contribution in [2.24, 2.45) is 3.50 Å². The summed E-state index contributed by atoms with van der Waals surface area (Å²) >= 11 is 2.26. The average Bonchev–Trinajstić information content (AvgIpc) is 2.16. The van der Waals surface area contributed by atoms with Crippen molar-refractivity contribution in [1.29, 1.82) is 0 Å². The van der Waals surface area contributed by atoms with E-state index in [0.717, 1.165) is 23.7 Å². The molecule has 106 valence electrons. The van der Waals surface area contributed by atoms with Gasteiger partial charge in [-0.25, -0.2) is 0 Å². The van der Waals surface area contributed by atoms with Crippen LogP contribution in [0.4, 0.5) is 0 Å². The van der Waals surface area contributed by atoms with Crippen LogP contribution in [0.5, 0.6) is 0 Å². The third-order valence-corrected chi connectivity index (χ3v) is 2.58. The zero-order valence-electron chi connectivity index (χ0n) is 10.1. The largest absolute Gasteiger partial charge is 0 e. The third kappa shape index (κ3) is 17.6. The fraction of sp³-hybridized carbons (Fsp3) is 0.333. The SMILES string of the molecule is C[C-]=C(O[C](C)=[W])C([C-]=O)=C(C)[N]=[W].[W].[W].[W].[W].[W]. The molecule has 0 atom stereocenters. The molecule has 0 spiro atoms. The van der Waals surface area contributed by atoms with Crippen molar-refractivity contribution >= 4 is 10.4 Å². The van der Waals surface area contributed by atoms with E-state index >= 15 is 0 Å². The summed E-state index contributed by atoms with van der Waals surface area (Å²) in [5.74, 6) is 0.412. The maximum atomic E-state index is 10.7. The second kappa shape index (κ2) is 23.7. The van der Waals surface area contributed by atoms with Gasteiger partial charge in [0.1, 0.15) is 0 Å². The van der Waals surface area contributed by atoms with Crippen LogP contribution < -0.4 is 0 Å². The summed E-state index contributed by atoms with van der Waals surface area (Å²) < 4.78 is 10.2. The first-order chi connectivity index (χ1) is 6.56. The van der Waals surface area contributed by atoms with Gasteiger partial charge in [-0.05, 0) is 0 Å². The molecular formula is C9H9NO2W7-2. The Bertz CT molecular complexity index is 329. The number of ether oxygens (including phenoxy) is 1. The van der Waals surface area contributed by atoms with E-state index in [1.54, 1.807) is 13.8 Å². The summed E-state index contributed by atoms with van der Waals surface area (Å²) in [5.41, 5.74) is 0.985. The number of hydrogen-bond acceptors (Lipinski definition) is 3. The quantitative estimate of drug-likeness (QED) is 0.182. The van der Waals surface area contributed by atoms with E-state index in [1.807, 2.05) is 13.2 Å². The maximum absolute atomic E-state index is 10.7. The standard InChI is InChI=1S/C9H9NO2.7W/c1-4-9(12-5-2)8(6-11)7(3)10;;;;;;;/h1-3H3;;;;;;;/q-2;;;;;;;. The van der Waals surface area contributed by atoms with Crippen molar-refractivity contribution in [3.63, 3.8) is 0 Å². The molecule has 0 saturated carbocycles. The van der Waals surface area contributed by atoms with Gasteiger partial charge in [0.25, 0.3) is 0 Å². The Morgan fingerprint density at radius 3 is 1.74 bits per heavy atom. The van der Waals surface area contributed by atoms with Gasteiger partial charge in [-0.1, -0.05) is 0 Å². The number of nitrogens with zero attached hydrogens (tertiary/aromatic N) is 1. The van der Waals surface area contributed by atoms with Gasteiger partial charge < -0.3 is 0 Å². The minimum absolute atomic E-state index is 0. The summed E-state index contributed by atoms with van der Waals surface area (Å²) in [6, 6.07) is 0. The van der Waals surface area contributed by atoms with Crippen LogP contribution in [-0.4, -0.2) is 10.4 Å². The van der Waals surface area contributed by atoms with E-state index in [-0.39, 0.29) is 105 Å². The van der Waals surface area contributed by atoms with Gasteiger partial charge in [-0.15, -0.1) is 0 Å². The van der Waals surface area contributed by atoms with Crippen molar-refractivity contribution in [2.75, 3.05) is 0 Å². The summed E-state index contributed by atoms with van der Waals surface area (Å²) in [6.45, 7) is 5.30. The molecule has 0 N–H and O–H groups in total. The smallest absolute Gasteiger partial charge is 0 e. The molecule has 0 radical (unpaired) electrons. The van der Waals surface area contributed by atoms with Crippen molar-refractivity contribution in [3.8, 4) is 0 Å². The van der Waals surface area contributed by atoms with E-state index < -0.39 is 0 Å². The topological polar surface area (TPSA) is 38.7 Å². The molecule has 0 saturated heterocycles. The Kier molecular flexibility index (Phi) is 47.6. The molecule has 10 heteroatoms. The van der Waals surface area contributed by atoms with Crippen molar-refractivity contribution in [3.05, 3.63) is 23.1 Å². The van der Waals surface area contributed by atoms with Crippen LogP contribution in [0, 0.1) is 6.08 Å². The molecule has 19 heavy (non-hydrogen) atoms. The predicted molar refractivity (Wildman–Crippen MR) is 45.0 cm³/mol. The number of hydrogen-bond donors (Lipinski definition) is 0. The molecule has 0 aliphatic carbocycles. The molecule has 3 nitrogen and oxygen atoms in total. The second-order valence-corrected chi connectivity index (χ2v) is 5.05. The minimum atomic E-state index is 0. The Labute approximate surface area is 208 Å². The molecule has 0 aromatic heterocycles. The van der Waals surface area contributed by atoms with Gasteiger partial charge in [0, 0.05) is 105 Å². The van der Waals surface area contributed by atoms with E-state index in [2.05, 4.69) is 9.57 Å². The van der Waals surface area contributed by atoms with E-state index in [9.17, 15) is 4.79 Å². The van der Waals surface area contributed by atoms with Crippen LogP contribution in [-0.2, 0) is 154 Å². The Hall–Kier alpha value is 3.44. The maximum Gasteiger partial charge on any atom is 0 e. The molecule has 0 aliphatic rings. The molecule has 0 fully saturated rings. The van der Waals surface area contributed by atoms with Crippen LogP contribution >= 0.6 is 0 Å². The molecule has 0 amide bonds. The Morgan fingerprint density at radius 2 is 1.53 bits per heavy atom. The van der Waals surface area contributed by atoms with Crippen molar-refractivity contribution in [1.82, 2.24) is 0 Å². The Balaban J connectivity index is -0.0000000845. The molecule has 0 heterocycles. The molecule has 0 aromatic rings. The van der Waals surface area contributed by atoms with Crippen LogP contribution in [0.1, 0.15) is 20.8 Å². The number of carbonyl (C=O) groups excluding carboxylic acids is 1. The fourth-order valence-electron chi connectivity index (χ4n) is 0.701. The molecule has 0 bridgehead atoms. The first-order valence-electron chi connectivity index (χ1n) is 3.72. The molecular weight excluding hydrogens is 1440 g/mol. The van der Waals surface area contributed by atoms with E-state index in [4.69, 9.17) is 4.74 Å². The van der Waals surface area contributed by atoms with Gasteiger partial charge in [-0.2, -0.15) is 0 Å². The van der Waals surface area contributed by atoms with Crippen LogP contribution in [0.2, 0.25) is 0 Å². The summed E-state index contributed by atoms with van der Waals surface area (Å²) in [6.07, 6.45) is 4.65. The van der Waals surface area contributed by atoms with Gasteiger partial charge in [-0.3, -0.25) is 0 Å². The van der Waals surface area contributed by atoms with Gasteiger partial charge in [0.05, 0.1) is 0 Å². The zero-order valence-corrected chi connectivity index (χ0v) is 30.7. The van der Waals surface area contributed by atoms with Crippen LogP contribution in [0.15, 0.2) is 20.5 Å². The number of rotatable bonds is 5. The normalized spacial score (nSPS) is 9.53.